The first-order valence-corrected chi connectivity index (χ1v) is 21.0. The summed E-state index contributed by atoms with van der Waals surface area (Å²) in [6.07, 6.45) is 0. The van der Waals surface area contributed by atoms with E-state index in [2.05, 4.69) is 224 Å². The molecule has 0 radical (unpaired) electrons. The predicted molar refractivity (Wildman–Crippen MR) is 258 cm³/mol. The molecule has 11 aromatic rings. The smallest absolute Gasteiger partial charge is 0.164 e. The molecule has 0 spiro atoms. The molecule has 3 heteroatoms. The Balaban J connectivity index is 0.951. The van der Waals surface area contributed by atoms with Crippen LogP contribution in [0.15, 0.2) is 237 Å². The number of nitrogens with zero attached hydrogens (tertiary/aromatic N) is 3. The molecule has 0 bridgehead atoms. The fourth-order valence-electron chi connectivity index (χ4n) is 8.41. The van der Waals surface area contributed by atoms with E-state index in [1.165, 1.54) is 44.2 Å². The number of aromatic nitrogens is 3. The van der Waals surface area contributed by atoms with E-state index in [-0.39, 0.29) is 0 Å². The Morgan fingerprint density at radius 3 is 1.18 bits per heavy atom. The standard InChI is InChI=1S/C59H39N3/c1-3-11-40(12-4-1)42-21-23-45(24-22-42)49-17-9-18-53(38-49)58-60-57(61-59(62-58)54-36-35-51-37-50(33-34-52(51)39-54)41-13-5-2-6-14-41)48-31-27-44(28-32-48)43-25-29-47(30-26-43)56-20-10-16-46-15-7-8-19-55(46)56/h1-39H. The van der Waals surface area contributed by atoms with Gasteiger partial charge in [0.15, 0.2) is 17.5 Å². The van der Waals surface area contributed by atoms with Crippen LogP contribution in [0.2, 0.25) is 0 Å². The Morgan fingerprint density at radius 2 is 0.548 bits per heavy atom. The first-order valence-electron chi connectivity index (χ1n) is 21.0. The van der Waals surface area contributed by atoms with E-state index in [0.29, 0.717) is 17.5 Å². The topological polar surface area (TPSA) is 38.7 Å². The van der Waals surface area contributed by atoms with Gasteiger partial charge in [0.05, 0.1) is 0 Å². The van der Waals surface area contributed by atoms with Gasteiger partial charge in [0, 0.05) is 16.7 Å². The minimum absolute atomic E-state index is 0.625. The zero-order valence-corrected chi connectivity index (χ0v) is 33.9. The molecule has 10 aromatic carbocycles. The lowest BCUT2D eigenvalue weighted by molar-refractivity contribution is 1.07. The molecule has 0 atom stereocenters. The Morgan fingerprint density at radius 1 is 0.194 bits per heavy atom. The van der Waals surface area contributed by atoms with E-state index in [4.69, 9.17) is 15.0 Å². The molecule has 0 aliphatic carbocycles. The van der Waals surface area contributed by atoms with Crippen LogP contribution >= 0.6 is 0 Å². The molecule has 0 fully saturated rings. The molecule has 11 rings (SSSR count). The fourth-order valence-corrected chi connectivity index (χ4v) is 8.41. The van der Waals surface area contributed by atoms with Crippen LogP contribution in [-0.4, -0.2) is 15.0 Å². The fraction of sp³-hybridized carbons (Fsp3) is 0. The molecule has 1 aromatic heterocycles. The summed E-state index contributed by atoms with van der Waals surface area (Å²) in [5, 5.41) is 4.79. The SMILES string of the molecule is c1ccc(-c2ccc(-c3cccc(-c4nc(-c5ccc(-c6ccc(-c7cccc8ccccc78)cc6)cc5)nc(-c5ccc6cc(-c7ccccc7)ccc6c5)n4)c3)cc2)cc1. The maximum atomic E-state index is 5.15. The summed E-state index contributed by atoms with van der Waals surface area (Å²) in [4.78, 5) is 15.4. The maximum Gasteiger partial charge on any atom is 0.164 e. The molecule has 0 aliphatic rings. The second-order valence-electron chi connectivity index (χ2n) is 15.7. The highest BCUT2D eigenvalue weighted by Gasteiger charge is 2.15. The van der Waals surface area contributed by atoms with E-state index in [1.54, 1.807) is 0 Å². The third-order valence-electron chi connectivity index (χ3n) is 11.7. The first kappa shape index (κ1) is 36.8. The minimum Gasteiger partial charge on any atom is -0.208 e. The van der Waals surface area contributed by atoms with Crippen molar-refractivity contribution in [2.24, 2.45) is 0 Å². The molecule has 3 nitrogen and oxygen atoms in total. The summed E-state index contributed by atoms with van der Waals surface area (Å²) in [6.45, 7) is 0. The van der Waals surface area contributed by atoms with Gasteiger partial charge in [0.1, 0.15) is 0 Å². The third kappa shape index (κ3) is 7.33. The molecule has 1 heterocycles. The lowest BCUT2D eigenvalue weighted by Crippen LogP contribution is -2.00. The van der Waals surface area contributed by atoms with E-state index < -0.39 is 0 Å². The average Bonchev–Trinajstić information content (AvgIpc) is 3.36. The number of hydrogen-bond donors (Lipinski definition) is 0. The molecule has 62 heavy (non-hydrogen) atoms. The van der Waals surface area contributed by atoms with Crippen LogP contribution in [0.5, 0.6) is 0 Å². The Kier molecular flexibility index (Phi) is 9.53. The van der Waals surface area contributed by atoms with E-state index in [9.17, 15) is 0 Å². The molecule has 0 unspecified atom stereocenters. The van der Waals surface area contributed by atoms with Crippen molar-refractivity contribution in [2.75, 3.05) is 0 Å². The largest absolute Gasteiger partial charge is 0.208 e. The van der Waals surface area contributed by atoms with Crippen molar-refractivity contribution < 1.29 is 0 Å². The molecular weight excluding hydrogens is 751 g/mol. The number of hydrogen-bond acceptors (Lipinski definition) is 3. The normalized spacial score (nSPS) is 11.2. The third-order valence-corrected chi connectivity index (χ3v) is 11.7. The van der Waals surface area contributed by atoms with Gasteiger partial charge in [-0.1, -0.05) is 218 Å². The molecule has 0 N–H and O–H groups in total. The summed E-state index contributed by atoms with van der Waals surface area (Å²) < 4.78 is 0. The monoisotopic (exact) mass is 789 g/mol. The minimum atomic E-state index is 0.625. The summed E-state index contributed by atoms with van der Waals surface area (Å²) in [6, 6.07) is 83.7. The highest BCUT2D eigenvalue weighted by molar-refractivity contribution is 5.97. The quantitative estimate of drug-likeness (QED) is 0.154. The van der Waals surface area contributed by atoms with Crippen LogP contribution in [-0.2, 0) is 0 Å². The van der Waals surface area contributed by atoms with Gasteiger partial charge in [0.2, 0.25) is 0 Å². The Labute approximate surface area is 361 Å². The van der Waals surface area contributed by atoms with E-state index in [0.717, 1.165) is 49.7 Å². The van der Waals surface area contributed by atoms with Crippen LogP contribution in [0.3, 0.4) is 0 Å². The van der Waals surface area contributed by atoms with Crippen LogP contribution in [0, 0.1) is 0 Å². The van der Waals surface area contributed by atoms with Gasteiger partial charge in [-0.15, -0.1) is 0 Å². The Bertz CT molecular complexity index is 3350. The zero-order valence-electron chi connectivity index (χ0n) is 33.9. The summed E-state index contributed by atoms with van der Waals surface area (Å²) in [7, 11) is 0. The second kappa shape index (κ2) is 16.1. The highest BCUT2D eigenvalue weighted by atomic mass is 15.0. The van der Waals surface area contributed by atoms with Crippen molar-refractivity contribution in [1.29, 1.82) is 0 Å². The molecule has 0 saturated heterocycles. The number of fused-ring (bicyclic) bond motifs is 2. The molecular formula is C59H39N3. The van der Waals surface area contributed by atoms with Crippen molar-refractivity contribution in [2.45, 2.75) is 0 Å². The van der Waals surface area contributed by atoms with Gasteiger partial charge in [-0.2, -0.15) is 0 Å². The summed E-state index contributed by atoms with van der Waals surface area (Å²) in [5.74, 6) is 1.88. The number of benzene rings is 10. The van der Waals surface area contributed by atoms with E-state index in [1.807, 2.05) is 12.1 Å². The van der Waals surface area contributed by atoms with Crippen LogP contribution in [0.1, 0.15) is 0 Å². The molecule has 290 valence electrons. The average molecular weight is 790 g/mol. The van der Waals surface area contributed by atoms with Gasteiger partial charge in [0.25, 0.3) is 0 Å². The van der Waals surface area contributed by atoms with Crippen LogP contribution < -0.4 is 0 Å². The van der Waals surface area contributed by atoms with Gasteiger partial charge in [-0.25, -0.2) is 15.0 Å². The van der Waals surface area contributed by atoms with Gasteiger partial charge < -0.3 is 0 Å². The Hall–Kier alpha value is -8.27. The first-order chi connectivity index (χ1) is 30.7. The lowest BCUT2D eigenvalue weighted by Gasteiger charge is -2.11. The van der Waals surface area contributed by atoms with Crippen molar-refractivity contribution in [3.05, 3.63) is 237 Å². The molecule has 0 aliphatic heterocycles. The molecule has 0 amide bonds. The maximum absolute atomic E-state index is 5.15. The lowest BCUT2D eigenvalue weighted by atomic mass is 9.96. The van der Waals surface area contributed by atoms with Crippen molar-refractivity contribution in [1.82, 2.24) is 15.0 Å². The number of rotatable bonds is 8. The van der Waals surface area contributed by atoms with Crippen LogP contribution in [0.25, 0.3) is 111 Å². The van der Waals surface area contributed by atoms with Gasteiger partial charge in [-0.3, -0.25) is 0 Å². The van der Waals surface area contributed by atoms with Crippen molar-refractivity contribution in [3.63, 3.8) is 0 Å². The zero-order chi connectivity index (χ0) is 41.2. The van der Waals surface area contributed by atoms with Gasteiger partial charge >= 0.3 is 0 Å². The van der Waals surface area contributed by atoms with Crippen molar-refractivity contribution in [3.8, 4) is 89.8 Å². The summed E-state index contributed by atoms with van der Waals surface area (Å²) in [5.41, 5.74) is 14.5. The molecule has 0 saturated carbocycles. The van der Waals surface area contributed by atoms with E-state index >= 15 is 0 Å². The second-order valence-corrected chi connectivity index (χ2v) is 15.7. The van der Waals surface area contributed by atoms with Crippen molar-refractivity contribution >= 4 is 21.5 Å². The summed E-state index contributed by atoms with van der Waals surface area (Å²) >= 11 is 0. The highest BCUT2D eigenvalue weighted by Crippen LogP contribution is 2.34. The predicted octanol–water partition coefficient (Wildman–Crippen LogP) is 15.5. The van der Waals surface area contributed by atoms with Crippen LogP contribution in [0.4, 0.5) is 0 Å². The van der Waals surface area contributed by atoms with Gasteiger partial charge in [-0.05, 0) is 95.4 Å².